The molecule has 0 aromatic heterocycles. The van der Waals surface area contributed by atoms with E-state index in [-0.39, 0.29) is 0 Å². The maximum atomic E-state index is 2.51. The molecule has 0 radical (unpaired) electrons. The van der Waals surface area contributed by atoms with Crippen molar-refractivity contribution in [1.82, 2.24) is 0 Å². The van der Waals surface area contributed by atoms with Gasteiger partial charge in [0.25, 0.3) is 0 Å². The Morgan fingerprint density at radius 2 is 1.75 bits per heavy atom. The summed E-state index contributed by atoms with van der Waals surface area (Å²) in [5.41, 5.74) is 2.18. The van der Waals surface area contributed by atoms with Gasteiger partial charge in [-0.3, -0.25) is 0 Å². The lowest BCUT2D eigenvalue weighted by Crippen LogP contribution is -2.14. The van der Waals surface area contributed by atoms with Crippen LogP contribution in [0.25, 0.3) is 0 Å². The van der Waals surface area contributed by atoms with E-state index < -0.39 is 0 Å². The summed E-state index contributed by atoms with van der Waals surface area (Å²) in [5, 5.41) is 0. The molecule has 0 aromatic carbocycles. The molecule has 0 aliphatic heterocycles. The zero-order valence-corrected chi connectivity index (χ0v) is 12.4. The maximum Gasteiger partial charge on any atom is -0.0232 e. The smallest absolute Gasteiger partial charge is 0.0232 e. The Kier molecular flexibility index (Phi) is 7.80. The van der Waals surface area contributed by atoms with Crippen LogP contribution < -0.4 is 0 Å². The first kappa shape index (κ1) is 15.7. The zero-order chi connectivity index (χ0) is 12.6. The van der Waals surface area contributed by atoms with Crippen molar-refractivity contribution in [3.63, 3.8) is 0 Å². The Balaban J connectivity index is 4.55. The lowest BCUT2D eigenvalue weighted by Gasteiger charge is -2.27. The molecule has 0 aromatic rings. The van der Waals surface area contributed by atoms with E-state index in [2.05, 4.69) is 47.6 Å². The molecule has 1 atom stereocenters. The Morgan fingerprint density at radius 3 is 2.19 bits per heavy atom. The van der Waals surface area contributed by atoms with Gasteiger partial charge < -0.3 is 0 Å². The van der Waals surface area contributed by atoms with E-state index in [4.69, 9.17) is 0 Å². The zero-order valence-electron chi connectivity index (χ0n) is 12.4. The van der Waals surface area contributed by atoms with Crippen LogP contribution in [0.15, 0.2) is 11.6 Å². The molecular formula is C16H32. The monoisotopic (exact) mass is 224 g/mol. The van der Waals surface area contributed by atoms with E-state index in [1.165, 1.54) is 38.5 Å². The van der Waals surface area contributed by atoms with Crippen molar-refractivity contribution < 1.29 is 0 Å². The average molecular weight is 224 g/mol. The molecule has 0 fully saturated rings. The van der Waals surface area contributed by atoms with Gasteiger partial charge in [0.2, 0.25) is 0 Å². The normalized spacial score (nSPS) is 15.2. The van der Waals surface area contributed by atoms with Gasteiger partial charge in [0.15, 0.2) is 0 Å². The van der Waals surface area contributed by atoms with Crippen molar-refractivity contribution in [2.75, 3.05) is 0 Å². The van der Waals surface area contributed by atoms with Crippen molar-refractivity contribution in [3.8, 4) is 0 Å². The third-order valence-electron chi connectivity index (χ3n) is 3.69. The number of unbranched alkanes of at least 4 members (excludes halogenated alkanes) is 1. The third-order valence-corrected chi connectivity index (χ3v) is 3.69. The molecule has 0 amide bonds. The predicted molar refractivity (Wildman–Crippen MR) is 75.8 cm³/mol. The van der Waals surface area contributed by atoms with Gasteiger partial charge in [-0.1, -0.05) is 72.5 Å². The lowest BCUT2D eigenvalue weighted by molar-refractivity contribution is 0.332. The van der Waals surface area contributed by atoms with Crippen LogP contribution in [0.4, 0.5) is 0 Å². The van der Waals surface area contributed by atoms with Crippen LogP contribution in [0.1, 0.15) is 80.1 Å². The lowest BCUT2D eigenvalue weighted by atomic mass is 9.78. The highest BCUT2D eigenvalue weighted by Crippen LogP contribution is 2.33. The topological polar surface area (TPSA) is 0 Å². The molecule has 0 heterocycles. The molecule has 0 N–H and O–H groups in total. The predicted octanol–water partition coefficient (Wildman–Crippen LogP) is 5.98. The summed E-state index contributed by atoms with van der Waals surface area (Å²) in [6.07, 6.45) is 10.2. The first-order valence-corrected chi connectivity index (χ1v) is 7.15. The highest BCUT2D eigenvalue weighted by Gasteiger charge is 2.19. The number of rotatable bonds is 8. The number of hydrogen-bond donors (Lipinski definition) is 0. The van der Waals surface area contributed by atoms with Gasteiger partial charge in [0.05, 0.1) is 0 Å². The van der Waals surface area contributed by atoms with Crippen LogP contribution in [0.5, 0.6) is 0 Å². The standard InChI is InChI=1S/C16H32/c1-7-10-12-15(14(4)11-8-2)13-16(5,6)9-3/h12,14H,7-11,13H2,1-6H3/b15-12-. The van der Waals surface area contributed by atoms with Gasteiger partial charge in [-0.25, -0.2) is 0 Å². The molecule has 0 heteroatoms. The van der Waals surface area contributed by atoms with Crippen molar-refractivity contribution in [1.29, 1.82) is 0 Å². The molecule has 0 rings (SSSR count). The van der Waals surface area contributed by atoms with E-state index in [0.29, 0.717) is 5.41 Å². The van der Waals surface area contributed by atoms with Crippen LogP contribution in [0, 0.1) is 11.3 Å². The first-order chi connectivity index (χ1) is 7.46. The van der Waals surface area contributed by atoms with Crippen LogP contribution in [0.2, 0.25) is 0 Å². The molecule has 0 nitrogen and oxygen atoms in total. The van der Waals surface area contributed by atoms with E-state index in [9.17, 15) is 0 Å². The SMILES string of the molecule is CCC/C=C(/CC(C)(C)CC)C(C)CCC. The van der Waals surface area contributed by atoms with Crippen molar-refractivity contribution in [2.45, 2.75) is 80.1 Å². The molecule has 0 aliphatic rings. The van der Waals surface area contributed by atoms with Crippen LogP contribution >= 0.6 is 0 Å². The van der Waals surface area contributed by atoms with Crippen LogP contribution in [0.3, 0.4) is 0 Å². The molecule has 96 valence electrons. The van der Waals surface area contributed by atoms with Gasteiger partial charge in [0.1, 0.15) is 0 Å². The summed E-state index contributed by atoms with van der Waals surface area (Å²) in [6.45, 7) is 14.1. The molecule has 0 saturated heterocycles. The van der Waals surface area contributed by atoms with Gasteiger partial charge >= 0.3 is 0 Å². The Bertz CT molecular complexity index is 198. The summed E-state index contributed by atoms with van der Waals surface area (Å²) < 4.78 is 0. The second-order valence-electron chi connectivity index (χ2n) is 5.95. The molecule has 16 heavy (non-hydrogen) atoms. The molecule has 0 spiro atoms. The van der Waals surface area contributed by atoms with Crippen LogP contribution in [-0.4, -0.2) is 0 Å². The van der Waals surface area contributed by atoms with E-state index in [0.717, 1.165) is 5.92 Å². The minimum atomic E-state index is 0.474. The van der Waals surface area contributed by atoms with Crippen LogP contribution in [-0.2, 0) is 0 Å². The maximum absolute atomic E-state index is 2.51. The fourth-order valence-electron chi connectivity index (χ4n) is 2.07. The summed E-state index contributed by atoms with van der Waals surface area (Å²) in [4.78, 5) is 0. The average Bonchev–Trinajstić information content (AvgIpc) is 2.24. The Hall–Kier alpha value is -0.260. The highest BCUT2D eigenvalue weighted by molar-refractivity contribution is 5.08. The second-order valence-corrected chi connectivity index (χ2v) is 5.95. The Labute approximate surface area is 104 Å². The summed E-state index contributed by atoms with van der Waals surface area (Å²) in [5.74, 6) is 0.780. The van der Waals surface area contributed by atoms with E-state index in [1.807, 2.05) is 0 Å². The minimum Gasteiger partial charge on any atom is -0.0851 e. The molecule has 0 aliphatic carbocycles. The Morgan fingerprint density at radius 1 is 1.12 bits per heavy atom. The fraction of sp³-hybridized carbons (Fsp3) is 0.875. The molecule has 0 saturated carbocycles. The van der Waals surface area contributed by atoms with E-state index >= 15 is 0 Å². The molecule has 1 unspecified atom stereocenters. The van der Waals surface area contributed by atoms with Gasteiger partial charge in [-0.05, 0) is 30.6 Å². The van der Waals surface area contributed by atoms with Crippen molar-refractivity contribution in [2.24, 2.45) is 11.3 Å². The van der Waals surface area contributed by atoms with Gasteiger partial charge in [0, 0.05) is 0 Å². The quantitative estimate of drug-likeness (QED) is 0.445. The summed E-state index contributed by atoms with van der Waals surface area (Å²) in [6, 6.07) is 0. The fourth-order valence-corrected chi connectivity index (χ4v) is 2.07. The molecular weight excluding hydrogens is 192 g/mol. The van der Waals surface area contributed by atoms with Crippen molar-refractivity contribution >= 4 is 0 Å². The summed E-state index contributed by atoms with van der Waals surface area (Å²) in [7, 11) is 0. The largest absolute Gasteiger partial charge is 0.0851 e. The van der Waals surface area contributed by atoms with Crippen molar-refractivity contribution in [3.05, 3.63) is 11.6 Å². The number of allylic oxidation sites excluding steroid dienone is 2. The number of hydrogen-bond acceptors (Lipinski definition) is 0. The minimum absolute atomic E-state index is 0.474. The molecule has 0 bridgehead atoms. The first-order valence-electron chi connectivity index (χ1n) is 7.15. The van der Waals surface area contributed by atoms with Gasteiger partial charge in [-0.2, -0.15) is 0 Å². The third kappa shape index (κ3) is 6.35. The summed E-state index contributed by atoms with van der Waals surface area (Å²) >= 11 is 0. The van der Waals surface area contributed by atoms with E-state index in [1.54, 1.807) is 5.57 Å². The van der Waals surface area contributed by atoms with Gasteiger partial charge in [-0.15, -0.1) is 0 Å². The highest BCUT2D eigenvalue weighted by atomic mass is 14.2. The second kappa shape index (κ2) is 7.92.